The maximum atomic E-state index is 11.6. The maximum Gasteiger partial charge on any atom is 0.337 e. The van der Waals surface area contributed by atoms with Crippen molar-refractivity contribution in [1.29, 1.82) is 0 Å². The van der Waals surface area contributed by atoms with E-state index in [9.17, 15) is 9.59 Å². The van der Waals surface area contributed by atoms with E-state index in [0.717, 1.165) is 12.8 Å². The molecule has 0 heterocycles. The molecule has 1 aromatic carbocycles. The molecule has 0 aliphatic heterocycles. The summed E-state index contributed by atoms with van der Waals surface area (Å²) in [4.78, 5) is 22.8. The molecular formula is C15H20O6. The second kappa shape index (κ2) is 9.77. The summed E-state index contributed by atoms with van der Waals surface area (Å²) in [5.41, 5.74) is 0. The largest absolute Gasteiger partial charge is 0.493 e. The van der Waals surface area contributed by atoms with Gasteiger partial charge in [-0.3, -0.25) is 0 Å². The van der Waals surface area contributed by atoms with Crippen molar-refractivity contribution in [2.24, 2.45) is 0 Å². The number of para-hydroxylation sites is 2. The van der Waals surface area contributed by atoms with Gasteiger partial charge in [-0.15, -0.1) is 0 Å². The highest BCUT2D eigenvalue weighted by Crippen LogP contribution is 2.25. The van der Waals surface area contributed by atoms with Crippen LogP contribution >= 0.6 is 0 Å². The lowest BCUT2D eigenvalue weighted by Crippen LogP contribution is -2.20. The zero-order chi connectivity index (χ0) is 15.5. The monoisotopic (exact) mass is 296 g/mol. The summed E-state index contributed by atoms with van der Waals surface area (Å²) in [6.45, 7) is 1.76. The highest BCUT2D eigenvalue weighted by molar-refractivity contribution is 5.75. The fourth-order valence-corrected chi connectivity index (χ4v) is 1.44. The molecule has 0 atom stereocenters. The number of methoxy groups -OCH3 is 1. The molecule has 0 saturated carbocycles. The lowest BCUT2D eigenvalue weighted by Gasteiger charge is -2.09. The molecule has 21 heavy (non-hydrogen) atoms. The Bertz CT molecular complexity index is 457. The molecule has 1 rings (SSSR count). The molecule has 0 aromatic heterocycles. The minimum Gasteiger partial charge on any atom is -0.493 e. The first-order chi connectivity index (χ1) is 10.2. The Morgan fingerprint density at radius 1 is 1.05 bits per heavy atom. The van der Waals surface area contributed by atoms with Crippen LogP contribution in [0.15, 0.2) is 24.3 Å². The summed E-state index contributed by atoms with van der Waals surface area (Å²) in [5.74, 6) is -0.349. The third-order valence-electron chi connectivity index (χ3n) is 2.49. The van der Waals surface area contributed by atoms with Crippen molar-refractivity contribution in [3.05, 3.63) is 24.3 Å². The molecule has 0 aliphatic rings. The first kappa shape index (κ1) is 17.0. The molecule has 0 bridgehead atoms. The number of unbranched alkanes of at least 4 members (excludes halogenated alkanes) is 1. The van der Waals surface area contributed by atoms with Gasteiger partial charge >= 0.3 is 11.9 Å². The second-order valence-electron chi connectivity index (χ2n) is 4.19. The number of hydrogen-bond donors (Lipinski definition) is 0. The van der Waals surface area contributed by atoms with Crippen molar-refractivity contribution in [1.82, 2.24) is 0 Å². The van der Waals surface area contributed by atoms with Gasteiger partial charge in [-0.05, 0) is 18.6 Å². The third-order valence-corrected chi connectivity index (χ3v) is 2.49. The lowest BCUT2D eigenvalue weighted by molar-refractivity contribution is -0.152. The van der Waals surface area contributed by atoms with Crippen molar-refractivity contribution in [2.75, 3.05) is 26.9 Å². The van der Waals surface area contributed by atoms with Crippen molar-refractivity contribution < 1.29 is 28.5 Å². The molecule has 0 fully saturated rings. The van der Waals surface area contributed by atoms with Gasteiger partial charge in [0, 0.05) is 0 Å². The van der Waals surface area contributed by atoms with E-state index in [1.165, 1.54) is 7.11 Å². The summed E-state index contributed by atoms with van der Waals surface area (Å²) in [7, 11) is 1.48. The summed E-state index contributed by atoms with van der Waals surface area (Å²) < 4.78 is 20.0. The van der Waals surface area contributed by atoms with Crippen LogP contribution in [0.1, 0.15) is 19.8 Å². The van der Waals surface area contributed by atoms with E-state index in [1.807, 2.05) is 6.92 Å². The van der Waals surface area contributed by atoms with Gasteiger partial charge in [0.25, 0.3) is 0 Å². The standard InChI is InChI=1S/C15H20O6/c1-3-4-9-20-14(16)10-19-11-15(17)21-13-8-6-5-7-12(13)18-2/h5-8H,3-4,9-11H2,1-2H3. The number of hydrogen-bond acceptors (Lipinski definition) is 6. The first-order valence-electron chi connectivity index (χ1n) is 6.74. The Kier molecular flexibility index (Phi) is 7.89. The number of benzene rings is 1. The summed E-state index contributed by atoms with van der Waals surface area (Å²) in [6, 6.07) is 6.76. The number of rotatable bonds is 9. The molecule has 0 radical (unpaired) electrons. The van der Waals surface area contributed by atoms with Crippen LogP contribution in [0.5, 0.6) is 11.5 Å². The zero-order valence-electron chi connectivity index (χ0n) is 12.3. The molecule has 116 valence electrons. The van der Waals surface area contributed by atoms with Crippen molar-refractivity contribution >= 4 is 11.9 Å². The average Bonchev–Trinajstić information content (AvgIpc) is 2.48. The van der Waals surface area contributed by atoms with Crippen LogP contribution in [-0.4, -0.2) is 38.9 Å². The molecule has 0 aliphatic carbocycles. The molecule has 1 aromatic rings. The molecule has 6 heteroatoms. The average molecular weight is 296 g/mol. The Balaban J connectivity index is 2.26. The highest BCUT2D eigenvalue weighted by atomic mass is 16.6. The number of ether oxygens (including phenoxy) is 4. The van der Waals surface area contributed by atoms with Crippen LogP contribution in [0, 0.1) is 0 Å². The maximum absolute atomic E-state index is 11.6. The van der Waals surface area contributed by atoms with Crippen LogP contribution in [-0.2, 0) is 19.1 Å². The fraction of sp³-hybridized carbons (Fsp3) is 0.467. The van der Waals surface area contributed by atoms with Crippen molar-refractivity contribution in [3.63, 3.8) is 0 Å². The molecule has 0 spiro atoms. The van der Waals surface area contributed by atoms with E-state index in [2.05, 4.69) is 0 Å². The summed E-state index contributed by atoms with van der Waals surface area (Å²) in [5, 5.41) is 0. The van der Waals surface area contributed by atoms with E-state index in [0.29, 0.717) is 18.1 Å². The Morgan fingerprint density at radius 2 is 1.71 bits per heavy atom. The molecule has 0 unspecified atom stereocenters. The van der Waals surface area contributed by atoms with E-state index < -0.39 is 11.9 Å². The van der Waals surface area contributed by atoms with Crippen LogP contribution in [0.4, 0.5) is 0 Å². The van der Waals surface area contributed by atoms with Gasteiger partial charge in [0.15, 0.2) is 11.5 Å². The summed E-state index contributed by atoms with van der Waals surface area (Å²) >= 11 is 0. The molecule has 0 N–H and O–H groups in total. The quantitative estimate of drug-likeness (QED) is 0.394. The normalized spacial score (nSPS) is 10.0. The van der Waals surface area contributed by atoms with Crippen molar-refractivity contribution in [3.8, 4) is 11.5 Å². The Labute approximate surface area is 123 Å². The van der Waals surface area contributed by atoms with Crippen molar-refractivity contribution in [2.45, 2.75) is 19.8 Å². The number of carbonyl (C=O) groups is 2. The molecule has 0 saturated heterocycles. The smallest absolute Gasteiger partial charge is 0.337 e. The van der Waals surface area contributed by atoms with Gasteiger partial charge in [0.05, 0.1) is 13.7 Å². The SMILES string of the molecule is CCCCOC(=O)COCC(=O)Oc1ccccc1OC. The molecular weight excluding hydrogens is 276 g/mol. The zero-order valence-corrected chi connectivity index (χ0v) is 12.3. The Morgan fingerprint density at radius 3 is 2.38 bits per heavy atom. The second-order valence-corrected chi connectivity index (χ2v) is 4.19. The molecule has 0 amide bonds. The predicted molar refractivity (Wildman–Crippen MR) is 75.3 cm³/mol. The van der Waals surface area contributed by atoms with Gasteiger partial charge in [-0.1, -0.05) is 25.5 Å². The van der Waals surface area contributed by atoms with E-state index in [1.54, 1.807) is 24.3 Å². The van der Waals surface area contributed by atoms with Gasteiger partial charge in [0.2, 0.25) is 0 Å². The highest BCUT2D eigenvalue weighted by Gasteiger charge is 2.11. The van der Waals surface area contributed by atoms with Crippen LogP contribution < -0.4 is 9.47 Å². The summed E-state index contributed by atoms with van der Waals surface area (Å²) in [6.07, 6.45) is 1.75. The minimum atomic E-state index is -0.610. The first-order valence-corrected chi connectivity index (χ1v) is 6.74. The minimum absolute atomic E-state index is 0.273. The van der Waals surface area contributed by atoms with Crippen LogP contribution in [0.2, 0.25) is 0 Å². The number of carbonyl (C=O) groups excluding carboxylic acids is 2. The lowest BCUT2D eigenvalue weighted by atomic mass is 10.3. The third kappa shape index (κ3) is 6.76. The van der Waals surface area contributed by atoms with Crippen LogP contribution in [0.3, 0.4) is 0 Å². The van der Waals surface area contributed by atoms with E-state index in [4.69, 9.17) is 18.9 Å². The van der Waals surface area contributed by atoms with Gasteiger partial charge in [-0.2, -0.15) is 0 Å². The van der Waals surface area contributed by atoms with E-state index >= 15 is 0 Å². The Hall–Kier alpha value is -2.08. The predicted octanol–water partition coefficient (Wildman–Crippen LogP) is 1.96. The molecule has 6 nitrogen and oxygen atoms in total. The number of esters is 2. The van der Waals surface area contributed by atoms with Crippen LogP contribution in [0.25, 0.3) is 0 Å². The van der Waals surface area contributed by atoms with E-state index in [-0.39, 0.29) is 13.2 Å². The van der Waals surface area contributed by atoms with Gasteiger partial charge in [-0.25, -0.2) is 9.59 Å². The van der Waals surface area contributed by atoms with Gasteiger partial charge in [0.1, 0.15) is 13.2 Å². The fourth-order valence-electron chi connectivity index (χ4n) is 1.44. The topological polar surface area (TPSA) is 71.1 Å². The van der Waals surface area contributed by atoms with Gasteiger partial charge < -0.3 is 18.9 Å².